The third kappa shape index (κ3) is 4.75. The van der Waals surface area contributed by atoms with Crippen LogP contribution in [0, 0.1) is 17.8 Å². The molecular formula is C12H24O2. The summed E-state index contributed by atoms with van der Waals surface area (Å²) >= 11 is 0. The highest BCUT2D eigenvalue weighted by atomic mass is 16.3. The molecule has 0 aromatic rings. The molecule has 0 saturated carbocycles. The van der Waals surface area contributed by atoms with Gasteiger partial charge in [0.05, 0.1) is 0 Å². The van der Waals surface area contributed by atoms with Crippen LogP contribution in [0.25, 0.3) is 0 Å². The first kappa shape index (κ1) is 13.6. The van der Waals surface area contributed by atoms with Crippen LogP contribution in [-0.4, -0.2) is 17.5 Å². The number of hydrogen-bond donors (Lipinski definition) is 1. The lowest BCUT2D eigenvalue weighted by Gasteiger charge is -2.21. The molecule has 0 fully saturated rings. The fourth-order valence-corrected chi connectivity index (χ4v) is 1.66. The van der Waals surface area contributed by atoms with Gasteiger partial charge in [-0.1, -0.05) is 34.1 Å². The van der Waals surface area contributed by atoms with Gasteiger partial charge in [0.25, 0.3) is 0 Å². The van der Waals surface area contributed by atoms with Gasteiger partial charge in [-0.15, -0.1) is 0 Å². The molecule has 0 saturated heterocycles. The average molecular weight is 200 g/mol. The van der Waals surface area contributed by atoms with Crippen molar-refractivity contribution in [1.29, 1.82) is 0 Å². The van der Waals surface area contributed by atoms with Crippen molar-refractivity contribution in [3.63, 3.8) is 0 Å². The van der Waals surface area contributed by atoms with Gasteiger partial charge in [0, 0.05) is 18.9 Å². The number of carbonyl (C=O) groups is 1. The summed E-state index contributed by atoms with van der Waals surface area (Å²) in [6.45, 7) is 8.49. The molecule has 0 spiro atoms. The Labute approximate surface area is 87.7 Å². The van der Waals surface area contributed by atoms with E-state index >= 15 is 0 Å². The second-order valence-electron chi connectivity index (χ2n) is 4.46. The van der Waals surface area contributed by atoms with E-state index in [1.54, 1.807) is 0 Å². The first-order valence-electron chi connectivity index (χ1n) is 5.66. The van der Waals surface area contributed by atoms with Crippen molar-refractivity contribution in [1.82, 2.24) is 0 Å². The van der Waals surface area contributed by atoms with Crippen LogP contribution in [0.3, 0.4) is 0 Å². The number of aliphatic hydroxyl groups excluding tert-OH is 1. The maximum atomic E-state index is 11.5. The highest BCUT2D eigenvalue weighted by molar-refractivity contribution is 5.80. The van der Waals surface area contributed by atoms with Crippen LogP contribution in [0.5, 0.6) is 0 Å². The Kier molecular flexibility index (Phi) is 6.81. The highest BCUT2D eigenvalue weighted by Crippen LogP contribution is 2.23. The highest BCUT2D eigenvalue weighted by Gasteiger charge is 2.20. The van der Waals surface area contributed by atoms with E-state index in [0.717, 1.165) is 6.42 Å². The minimum Gasteiger partial charge on any atom is -0.396 e. The van der Waals surface area contributed by atoms with Crippen molar-refractivity contribution < 1.29 is 9.90 Å². The topological polar surface area (TPSA) is 37.3 Å². The number of ketones is 1. The number of carbonyl (C=O) groups excluding carboxylic acids is 1. The van der Waals surface area contributed by atoms with Crippen LogP contribution in [0.4, 0.5) is 0 Å². The van der Waals surface area contributed by atoms with Crippen LogP contribution in [0.1, 0.15) is 47.0 Å². The van der Waals surface area contributed by atoms with Crippen molar-refractivity contribution in [2.75, 3.05) is 6.61 Å². The van der Waals surface area contributed by atoms with E-state index < -0.39 is 0 Å². The predicted molar refractivity (Wildman–Crippen MR) is 59.1 cm³/mol. The SMILES string of the molecule is CCC(C)CC(C)C(C)C(=O)CCO. The Morgan fingerprint density at radius 3 is 2.29 bits per heavy atom. The number of rotatable bonds is 7. The van der Waals surface area contributed by atoms with Crippen molar-refractivity contribution in [3.8, 4) is 0 Å². The molecule has 0 rings (SSSR count). The van der Waals surface area contributed by atoms with Gasteiger partial charge < -0.3 is 5.11 Å². The minimum atomic E-state index is -0.0147. The molecular weight excluding hydrogens is 176 g/mol. The van der Waals surface area contributed by atoms with E-state index in [1.165, 1.54) is 6.42 Å². The molecule has 0 aliphatic carbocycles. The third-order valence-corrected chi connectivity index (χ3v) is 3.19. The quantitative estimate of drug-likeness (QED) is 0.686. The van der Waals surface area contributed by atoms with Crippen molar-refractivity contribution in [2.24, 2.45) is 17.8 Å². The Morgan fingerprint density at radius 1 is 1.29 bits per heavy atom. The normalized spacial score (nSPS) is 17.5. The predicted octanol–water partition coefficient (Wildman–Crippen LogP) is 2.65. The Morgan fingerprint density at radius 2 is 1.86 bits per heavy atom. The molecule has 3 atom stereocenters. The lowest BCUT2D eigenvalue weighted by atomic mass is 9.83. The van der Waals surface area contributed by atoms with E-state index in [1.807, 2.05) is 6.92 Å². The van der Waals surface area contributed by atoms with Crippen molar-refractivity contribution in [3.05, 3.63) is 0 Å². The Bertz CT molecular complexity index is 166. The Hall–Kier alpha value is -0.370. The molecule has 0 amide bonds. The van der Waals surface area contributed by atoms with Gasteiger partial charge in [0.2, 0.25) is 0 Å². The maximum Gasteiger partial charge on any atom is 0.138 e. The van der Waals surface area contributed by atoms with Crippen molar-refractivity contribution in [2.45, 2.75) is 47.0 Å². The van der Waals surface area contributed by atoms with E-state index in [0.29, 0.717) is 18.3 Å². The second kappa shape index (κ2) is 6.99. The second-order valence-corrected chi connectivity index (χ2v) is 4.46. The smallest absolute Gasteiger partial charge is 0.138 e. The lowest BCUT2D eigenvalue weighted by molar-refractivity contribution is -0.124. The fourth-order valence-electron chi connectivity index (χ4n) is 1.66. The number of Topliss-reactive ketones (excluding diaryl/α,β-unsaturated/α-hetero) is 1. The Balaban J connectivity index is 3.97. The maximum absolute atomic E-state index is 11.5. The summed E-state index contributed by atoms with van der Waals surface area (Å²) in [7, 11) is 0. The first-order valence-corrected chi connectivity index (χ1v) is 5.66. The fraction of sp³-hybridized carbons (Fsp3) is 0.917. The largest absolute Gasteiger partial charge is 0.396 e. The van der Waals surface area contributed by atoms with Gasteiger partial charge in [-0.3, -0.25) is 4.79 Å². The van der Waals surface area contributed by atoms with E-state index in [4.69, 9.17) is 5.11 Å². The zero-order valence-electron chi connectivity index (χ0n) is 9.92. The molecule has 14 heavy (non-hydrogen) atoms. The van der Waals surface area contributed by atoms with E-state index in [-0.39, 0.29) is 18.3 Å². The molecule has 0 heterocycles. The molecule has 84 valence electrons. The zero-order chi connectivity index (χ0) is 11.1. The summed E-state index contributed by atoms with van der Waals surface area (Å²) in [5, 5.41) is 8.67. The summed E-state index contributed by atoms with van der Waals surface area (Å²) in [5.74, 6) is 1.41. The van der Waals surface area contributed by atoms with Gasteiger partial charge in [-0.25, -0.2) is 0 Å². The van der Waals surface area contributed by atoms with E-state index in [9.17, 15) is 4.79 Å². The average Bonchev–Trinajstić information content (AvgIpc) is 2.16. The van der Waals surface area contributed by atoms with Gasteiger partial charge in [-0.2, -0.15) is 0 Å². The van der Waals surface area contributed by atoms with Crippen LogP contribution >= 0.6 is 0 Å². The molecule has 2 nitrogen and oxygen atoms in total. The number of hydrogen-bond acceptors (Lipinski definition) is 2. The minimum absolute atomic E-state index is 0.0147. The molecule has 0 aromatic heterocycles. The third-order valence-electron chi connectivity index (χ3n) is 3.19. The molecule has 0 aliphatic rings. The molecule has 0 aliphatic heterocycles. The molecule has 0 bridgehead atoms. The van der Waals surface area contributed by atoms with Gasteiger partial charge >= 0.3 is 0 Å². The van der Waals surface area contributed by atoms with Crippen LogP contribution < -0.4 is 0 Å². The zero-order valence-corrected chi connectivity index (χ0v) is 9.92. The van der Waals surface area contributed by atoms with Crippen LogP contribution in [0.15, 0.2) is 0 Å². The molecule has 1 N–H and O–H groups in total. The molecule has 2 heteroatoms. The van der Waals surface area contributed by atoms with E-state index in [2.05, 4.69) is 20.8 Å². The lowest BCUT2D eigenvalue weighted by Crippen LogP contribution is -2.21. The van der Waals surface area contributed by atoms with Crippen LogP contribution in [0.2, 0.25) is 0 Å². The van der Waals surface area contributed by atoms with Crippen molar-refractivity contribution >= 4 is 5.78 Å². The standard InChI is InChI=1S/C12H24O2/c1-5-9(2)8-10(3)11(4)12(14)6-7-13/h9-11,13H,5-8H2,1-4H3. The summed E-state index contributed by atoms with van der Waals surface area (Å²) < 4.78 is 0. The summed E-state index contributed by atoms with van der Waals surface area (Å²) in [6, 6.07) is 0. The van der Waals surface area contributed by atoms with Gasteiger partial charge in [0.15, 0.2) is 0 Å². The molecule has 0 radical (unpaired) electrons. The van der Waals surface area contributed by atoms with Crippen LogP contribution in [-0.2, 0) is 4.79 Å². The molecule has 0 aromatic carbocycles. The number of aliphatic hydroxyl groups is 1. The molecule has 3 unspecified atom stereocenters. The summed E-state index contributed by atoms with van der Waals surface area (Å²) in [4.78, 5) is 11.5. The first-order chi connectivity index (χ1) is 6.52. The van der Waals surface area contributed by atoms with Gasteiger partial charge in [0.1, 0.15) is 5.78 Å². The monoisotopic (exact) mass is 200 g/mol. The summed E-state index contributed by atoms with van der Waals surface area (Å²) in [5.41, 5.74) is 0. The van der Waals surface area contributed by atoms with Gasteiger partial charge in [-0.05, 0) is 18.3 Å². The summed E-state index contributed by atoms with van der Waals surface area (Å²) in [6.07, 6.45) is 2.59.